The van der Waals surface area contributed by atoms with Crippen molar-refractivity contribution in [2.45, 2.75) is 32.2 Å². The van der Waals surface area contributed by atoms with E-state index in [4.69, 9.17) is 5.11 Å². The van der Waals surface area contributed by atoms with Gasteiger partial charge in [0.15, 0.2) is 0 Å². The van der Waals surface area contributed by atoms with Gasteiger partial charge in [0.2, 0.25) is 0 Å². The standard InChI is InChI=1S/C12H23N3O3/c1-9-8-10(11(16)17)4-7-15(9)12(18)14-6-3-5-13-2/h9-10,13H,3-8H2,1-2H3,(H,14,18)(H,16,17). The van der Waals surface area contributed by atoms with Crippen LogP contribution < -0.4 is 10.6 Å². The first-order valence-corrected chi connectivity index (χ1v) is 6.48. The number of amides is 2. The highest BCUT2D eigenvalue weighted by molar-refractivity contribution is 5.75. The lowest BCUT2D eigenvalue weighted by atomic mass is 9.92. The summed E-state index contributed by atoms with van der Waals surface area (Å²) >= 11 is 0. The van der Waals surface area contributed by atoms with Crippen LogP contribution in [0.15, 0.2) is 0 Å². The van der Waals surface area contributed by atoms with Crippen molar-refractivity contribution in [2.24, 2.45) is 5.92 Å². The molecule has 1 heterocycles. The number of carboxylic acids is 1. The molecule has 0 aromatic heterocycles. The summed E-state index contributed by atoms with van der Waals surface area (Å²) in [7, 11) is 1.88. The van der Waals surface area contributed by atoms with Crippen LogP contribution in [0.25, 0.3) is 0 Å². The summed E-state index contributed by atoms with van der Waals surface area (Å²) in [6, 6.07) is -0.0911. The maximum Gasteiger partial charge on any atom is 0.317 e. The number of carbonyl (C=O) groups is 2. The fourth-order valence-electron chi connectivity index (χ4n) is 2.26. The topological polar surface area (TPSA) is 81.7 Å². The first kappa shape index (κ1) is 14.8. The second kappa shape index (κ2) is 7.20. The molecule has 18 heavy (non-hydrogen) atoms. The Bertz CT molecular complexity index is 296. The summed E-state index contributed by atoms with van der Waals surface area (Å²) < 4.78 is 0. The Hall–Kier alpha value is -1.30. The lowest BCUT2D eigenvalue weighted by molar-refractivity contribution is -0.143. The molecule has 0 aromatic rings. The molecule has 6 heteroatoms. The van der Waals surface area contributed by atoms with Crippen molar-refractivity contribution in [1.82, 2.24) is 15.5 Å². The van der Waals surface area contributed by atoms with E-state index in [1.165, 1.54) is 0 Å². The van der Waals surface area contributed by atoms with Gasteiger partial charge >= 0.3 is 12.0 Å². The van der Waals surface area contributed by atoms with Crippen LogP contribution in [0.5, 0.6) is 0 Å². The number of rotatable bonds is 5. The lowest BCUT2D eigenvalue weighted by Gasteiger charge is -2.36. The smallest absolute Gasteiger partial charge is 0.317 e. The molecule has 1 fully saturated rings. The number of hydrogen-bond donors (Lipinski definition) is 3. The summed E-state index contributed by atoms with van der Waals surface area (Å²) in [6.45, 7) is 3.94. The maximum absolute atomic E-state index is 11.9. The second-order valence-electron chi connectivity index (χ2n) is 4.79. The molecule has 0 aliphatic carbocycles. The van der Waals surface area contributed by atoms with E-state index in [1.807, 2.05) is 14.0 Å². The molecule has 2 atom stereocenters. The summed E-state index contributed by atoms with van der Waals surface area (Å²) in [5.41, 5.74) is 0. The van der Waals surface area contributed by atoms with Crippen molar-refractivity contribution in [3.63, 3.8) is 0 Å². The van der Waals surface area contributed by atoms with Crippen LogP contribution in [-0.4, -0.2) is 54.7 Å². The number of carbonyl (C=O) groups excluding carboxylic acids is 1. The Morgan fingerprint density at radius 3 is 2.67 bits per heavy atom. The van der Waals surface area contributed by atoms with Gasteiger partial charge in [-0.2, -0.15) is 0 Å². The van der Waals surface area contributed by atoms with E-state index >= 15 is 0 Å². The number of piperidine rings is 1. The predicted molar refractivity (Wildman–Crippen MR) is 68.5 cm³/mol. The number of nitrogens with zero attached hydrogens (tertiary/aromatic N) is 1. The molecule has 1 aliphatic rings. The number of carboxylic acid groups (broad SMARTS) is 1. The van der Waals surface area contributed by atoms with Gasteiger partial charge in [0, 0.05) is 19.1 Å². The minimum Gasteiger partial charge on any atom is -0.481 e. The average molecular weight is 257 g/mol. The summed E-state index contributed by atoms with van der Waals surface area (Å²) in [5.74, 6) is -1.07. The van der Waals surface area contributed by atoms with Gasteiger partial charge < -0.3 is 20.6 Å². The Labute approximate surface area is 108 Å². The molecular formula is C12H23N3O3. The monoisotopic (exact) mass is 257 g/mol. The molecule has 0 spiro atoms. The number of urea groups is 1. The fraction of sp³-hybridized carbons (Fsp3) is 0.833. The quantitative estimate of drug-likeness (QED) is 0.626. The van der Waals surface area contributed by atoms with Gasteiger partial charge in [-0.1, -0.05) is 0 Å². The van der Waals surface area contributed by atoms with E-state index in [2.05, 4.69) is 10.6 Å². The minimum atomic E-state index is -0.754. The first-order chi connectivity index (χ1) is 8.56. The highest BCUT2D eigenvalue weighted by Crippen LogP contribution is 2.22. The van der Waals surface area contributed by atoms with E-state index in [0.29, 0.717) is 25.9 Å². The Balaban J connectivity index is 2.34. The Morgan fingerprint density at radius 1 is 1.39 bits per heavy atom. The van der Waals surface area contributed by atoms with E-state index in [-0.39, 0.29) is 18.0 Å². The Kier molecular flexibility index (Phi) is 5.91. The molecule has 104 valence electrons. The highest BCUT2D eigenvalue weighted by Gasteiger charge is 2.31. The molecule has 0 saturated carbocycles. The molecule has 2 unspecified atom stereocenters. The lowest BCUT2D eigenvalue weighted by Crippen LogP contribution is -2.50. The van der Waals surface area contributed by atoms with Crippen LogP contribution in [-0.2, 0) is 4.79 Å². The largest absolute Gasteiger partial charge is 0.481 e. The molecular weight excluding hydrogens is 234 g/mol. The van der Waals surface area contributed by atoms with Crippen LogP contribution in [0, 0.1) is 5.92 Å². The van der Waals surface area contributed by atoms with Gasteiger partial charge in [-0.05, 0) is 39.8 Å². The van der Waals surface area contributed by atoms with Gasteiger partial charge in [-0.15, -0.1) is 0 Å². The second-order valence-corrected chi connectivity index (χ2v) is 4.79. The summed E-state index contributed by atoms with van der Waals surface area (Å²) in [5, 5.41) is 14.8. The SMILES string of the molecule is CNCCCNC(=O)N1CCC(C(=O)O)CC1C. The summed E-state index contributed by atoms with van der Waals surface area (Å²) in [6.07, 6.45) is 1.98. The van der Waals surface area contributed by atoms with Crippen LogP contribution in [0.4, 0.5) is 4.79 Å². The van der Waals surface area contributed by atoms with Crippen molar-refractivity contribution in [2.75, 3.05) is 26.7 Å². The van der Waals surface area contributed by atoms with Crippen molar-refractivity contribution in [3.05, 3.63) is 0 Å². The fourth-order valence-corrected chi connectivity index (χ4v) is 2.26. The zero-order valence-corrected chi connectivity index (χ0v) is 11.1. The zero-order valence-electron chi connectivity index (χ0n) is 11.1. The van der Waals surface area contributed by atoms with Crippen LogP contribution >= 0.6 is 0 Å². The first-order valence-electron chi connectivity index (χ1n) is 6.48. The Morgan fingerprint density at radius 2 is 2.11 bits per heavy atom. The number of aliphatic carboxylic acids is 1. The molecule has 6 nitrogen and oxygen atoms in total. The van der Waals surface area contributed by atoms with Crippen molar-refractivity contribution >= 4 is 12.0 Å². The number of likely N-dealkylation sites (tertiary alicyclic amines) is 1. The molecule has 0 bridgehead atoms. The average Bonchev–Trinajstić information content (AvgIpc) is 2.34. The maximum atomic E-state index is 11.9. The van der Waals surface area contributed by atoms with E-state index < -0.39 is 5.97 Å². The van der Waals surface area contributed by atoms with Gasteiger partial charge in [-0.25, -0.2) is 4.79 Å². The summed E-state index contributed by atoms with van der Waals surface area (Å²) in [4.78, 5) is 24.5. The van der Waals surface area contributed by atoms with Crippen LogP contribution in [0.3, 0.4) is 0 Å². The van der Waals surface area contributed by atoms with Crippen LogP contribution in [0.1, 0.15) is 26.2 Å². The molecule has 0 radical (unpaired) electrons. The van der Waals surface area contributed by atoms with Gasteiger partial charge in [0.25, 0.3) is 0 Å². The van der Waals surface area contributed by atoms with E-state index in [0.717, 1.165) is 13.0 Å². The predicted octanol–water partition coefficient (Wildman–Crippen LogP) is 0.491. The highest BCUT2D eigenvalue weighted by atomic mass is 16.4. The van der Waals surface area contributed by atoms with Gasteiger partial charge in [-0.3, -0.25) is 4.79 Å². The van der Waals surface area contributed by atoms with Gasteiger partial charge in [0.05, 0.1) is 5.92 Å². The number of hydrogen-bond acceptors (Lipinski definition) is 3. The molecule has 2 amide bonds. The molecule has 3 N–H and O–H groups in total. The molecule has 1 aliphatic heterocycles. The van der Waals surface area contributed by atoms with E-state index in [1.54, 1.807) is 4.90 Å². The van der Waals surface area contributed by atoms with Crippen LogP contribution in [0.2, 0.25) is 0 Å². The van der Waals surface area contributed by atoms with Crippen molar-refractivity contribution in [3.8, 4) is 0 Å². The van der Waals surface area contributed by atoms with Crippen molar-refractivity contribution < 1.29 is 14.7 Å². The minimum absolute atomic E-state index is 0.0100. The third-order valence-electron chi connectivity index (χ3n) is 3.37. The van der Waals surface area contributed by atoms with Gasteiger partial charge in [0.1, 0.15) is 0 Å². The third kappa shape index (κ3) is 4.18. The zero-order chi connectivity index (χ0) is 13.5. The molecule has 1 rings (SSSR count). The van der Waals surface area contributed by atoms with Crippen molar-refractivity contribution in [1.29, 1.82) is 0 Å². The molecule has 1 saturated heterocycles. The molecule has 0 aromatic carbocycles. The number of nitrogens with one attached hydrogen (secondary N) is 2. The van der Waals surface area contributed by atoms with E-state index in [9.17, 15) is 9.59 Å². The normalized spacial score (nSPS) is 23.8. The third-order valence-corrected chi connectivity index (χ3v) is 3.37.